The van der Waals surface area contributed by atoms with Crippen LogP contribution in [0, 0.1) is 0 Å². The van der Waals surface area contributed by atoms with Gasteiger partial charge < -0.3 is 20.4 Å². The minimum Gasteiger partial charge on any atom is -0.480 e. The highest BCUT2D eigenvalue weighted by Gasteiger charge is 2.52. The van der Waals surface area contributed by atoms with Gasteiger partial charge in [0, 0.05) is 7.05 Å². The molecule has 0 aliphatic heterocycles. The maximum absolute atomic E-state index is 11.9. The zero-order chi connectivity index (χ0) is 13.4. The molecule has 2 aliphatic rings. The maximum Gasteiger partial charge on any atom is 0.329 e. The number of urea groups is 1. The molecule has 0 saturated heterocycles. The van der Waals surface area contributed by atoms with Crippen LogP contribution in [0.4, 0.5) is 4.79 Å². The maximum atomic E-state index is 11.9. The largest absolute Gasteiger partial charge is 0.480 e. The number of carbonyl (C=O) groups is 2. The minimum atomic E-state index is -1.07. The topological polar surface area (TPSA) is 89.9 Å². The van der Waals surface area contributed by atoms with Crippen LogP contribution in [0.2, 0.25) is 0 Å². The third kappa shape index (κ3) is 2.58. The van der Waals surface area contributed by atoms with Crippen molar-refractivity contribution in [2.24, 2.45) is 0 Å². The first-order chi connectivity index (χ1) is 8.37. The van der Waals surface area contributed by atoms with E-state index in [4.69, 9.17) is 5.11 Å². The van der Waals surface area contributed by atoms with Crippen molar-refractivity contribution in [3.8, 4) is 0 Å². The van der Waals surface area contributed by atoms with E-state index in [9.17, 15) is 14.7 Å². The third-order valence-electron chi connectivity index (χ3n) is 3.92. The van der Waals surface area contributed by atoms with E-state index in [-0.39, 0.29) is 6.54 Å². The van der Waals surface area contributed by atoms with Crippen LogP contribution in [0.25, 0.3) is 0 Å². The van der Waals surface area contributed by atoms with Crippen molar-refractivity contribution >= 4 is 12.0 Å². The number of carbonyl (C=O) groups excluding carboxylic acids is 1. The molecule has 18 heavy (non-hydrogen) atoms. The lowest BCUT2D eigenvalue weighted by Crippen LogP contribution is -2.51. The Bertz CT molecular complexity index is 359. The van der Waals surface area contributed by atoms with E-state index in [1.165, 1.54) is 4.90 Å². The van der Waals surface area contributed by atoms with Crippen molar-refractivity contribution < 1.29 is 19.8 Å². The number of rotatable bonds is 4. The van der Waals surface area contributed by atoms with Crippen molar-refractivity contribution in [2.75, 3.05) is 13.6 Å². The molecular weight excluding hydrogens is 236 g/mol. The second-order valence-corrected chi connectivity index (χ2v) is 5.60. The van der Waals surface area contributed by atoms with Crippen LogP contribution in [0.3, 0.4) is 0 Å². The van der Waals surface area contributed by atoms with Gasteiger partial charge in [0.2, 0.25) is 0 Å². The average molecular weight is 256 g/mol. The SMILES string of the molecule is CN(CC1(O)CCCC1)C(=O)NC1(C(=O)O)CC1. The molecule has 0 spiro atoms. The highest BCUT2D eigenvalue weighted by atomic mass is 16.4. The number of aliphatic hydroxyl groups is 1. The first kappa shape index (κ1) is 13.1. The van der Waals surface area contributed by atoms with Gasteiger partial charge >= 0.3 is 12.0 Å². The van der Waals surface area contributed by atoms with Gasteiger partial charge in [-0.15, -0.1) is 0 Å². The average Bonchev–Trinajstić information content (AvgIpc) is 2.95. The Hall–Kier alpha value is -1.30. The first-order valence-electron chi connectivity index (χ1n) is 6.36. The van der Waals surface area contributed by atoms with E-state index in [1.54, 1.807) is 7.05 Å². The number of aliphatic carboxylic acids is 1. The molecule has 2 saturated carbocycles. The molecule has 0 aromatic rings. The predicted octanol–water partition coefficient (Wildman–Crippen LogP) is 0.550. The summed E-state index contributed by atoms with van der Waals surface area (Å²) in [7, 11) is 1.59. The van der Waals surface area contributed by atoms with Gasteiger partial charge in [-0.2, -0.15) is 0 Å². The van der Waals surface area contributed by atoms with Gasteiger partial charge in [-0.05, 0) is 25.7 Å². The molecule has 2 aliphatic carbocycles. The highest BCUT2D eigenvalue weighted by Crippen LogP contribution is 2.36. The van der Waals surface area contributed by atoms with Crippen LogP contribution in [0.1, 0.15) is 38.5 Å². The number of nitrogens with one attached hydrogen (secondary N) is 1. The second kappa shape index (κ2) is 4.42. The number of carboxylic acids is 1. The second-order valence-electron chi connectivity index (χ2n) is 5.60. The van der Waals surface area contributed by atoms with Crippen molar-refractivity contribution in [2.45, 2.75) is 49.7 Å². The molecule has 0 bridgehead atoms. The Balaban J connectivity index is 1.87. The quantitative estimate of drug-likeness (QED) is 0.685. The molecule has 6 nitrogen and oxygen atoms in total. The van der Waals surface area contributed by atoms with E-state index < -0.39 is 23.1 Å². The Morgan fingerprint density at radius 2 is 1.78 bits per heavy atom. The fourth-order valence-corrected chi connectivity index (χ4v) is 2.52. The summed E-state index contributed by atoms with van der Waals surface area (Å²) in [5.41, 5.74) is -1.87. The molecule has 0 aromatic heterocycles. The standard InChI is InChI=1S/C12H20N2O4/c1-14(8-11(18)4-2-3-5-11)10(17)13-12(6-7-12)9(15)16/h18H,2-8H2,1H3,(H,13,17)(H,15,16). The Labute approximate surface area is 106 Å². The van der Waals surface area contributed by atoms with Crippen molar-refractivity contribution in [3.05, 3.63) is 0 Å². The van der Waals surface area contributed by atoms with E-state index in [1.807, 2.05) is 0 Å². The van der Waals surface area contributed by atoms with Crippen molar-refractivity contribution in [1.82, 2.24) is 10.2 Å². The number of nitrogens with zero attached hydrogens (tertiary/aromatic N) is 1. The van der Waals surface area contributed by atoms with Crippen LogP contribution >= 0.6 is 0 Å². The number of carboxylic acid groups (broad SMARTS) is 1. The number of hydrogen-bond donors (Lipinski definition) is 3. The molecule has 0 radical (unpaired) electrons. The molecule has 0 unspecified atom stereocenters. The van der Waals surface area contributed by atoms with Crippen LogP contribution in [-0.2, 0) is 4.79 Å². The van der Waals surface area contributed by atoms with Gasteiger partial charge in [-0.3, -0.25) is 0 Å². The van der Waals surface area contributed by atoms with Gasteiger partial charge in [0.15, 0.2) is 0 Å². The van der Waals surface area contributed by atoms with Crippen LogP contribution in [-0.4, -0.2) is 51.8 Å². The van der Waals surface area contributed by atoms with Gasteiger partial charge in [0.25, 0.3) is 0 Å². The zero-order valence-electron chi connectivity index (χ0n) is 10.6. The smallest absolute Gasteiger partial charge is 0.329 e. The summed E-state index contributed by atoms with van der Waals surface area (Å²) in [5, 5.41) is 21.7. The summed E-state index contributed by atoms with van der Waals surface area (Å²) >= 11 is 0. The first-order valence-corrected chi connectivity index (χ1v) is 6.36. The molecule has 2 fully saturated rings. The Morgan fingerprint density at radius 3 is 2.22 bits per heavy atom. The summed E-state index contributed by atoms with van der Waals surface area (Å²) in [5.74, 6) is -0.983. The number of likely N-dealkylation sites (N-methyl/N-ethyl adjacent to an activating group) is 1. The summed E-state index contributed by atoms with van der Waals surface area (Å²) in [6.07, 6.45) is 4.32. The molecule has 2 amide bonds. The Kier molecular flexibility index (Phi) is 3.23. The van der Waals surface area contributed by atoms with E-state index >= 15 is 0 Å². The molecule has 2 rings (SSSR count). The minimum absolute atomic E-state index is 0.258. The lowest BCUT2D eigenvalue weighted by molar-refractivity contribution is -0.140. The Morgan fingerprint density at radius 1 is 1.22 bits per heavy atom. The molecule has 0 aromatic carbocycles. The fraction of sp³-hybridized carbons (Fsp3) is 0.833. The summed E-state index contributed by atoms with van der Waals surface area (Å²) in [6.45, 7) is 0.258. The lowest BCUT2D eigenvalue weighted by atomic mass is 10.0. The lowest BCUT2D eigenvalue weighted by Gasteiger charge is -2.29. The van der Waals surface area contributed by atoms with Gasteiger partial charge in [-0.25, -0.2) is 9.59 Å². The summed E-state index contributed by atoms with van der Waals surface area (Å²) in [4.78, 5) is 24.2. The molecule has 6 heteroatoms. The van der Waals surface area contributed by atoms with Crippen LogP contribution in [0.5, 0.6) is 0 Å². The molecule has 0 heterocycles. The van der Waals surface area contributed by atoms with Gasteiger partial charge in [0.05, 0.1) is 12.1 Å². The molecule has 0 atom stereocenters. The van der Waals surface area contributed by atoms with Crippen LogP contribution < -0.4 is 5.32 Å². The predicted molar refractivity (Wildman–Crippen MR) is 64.2 cm³/mol. The number of amides is 2. The van der Waals surface area contributed by atoms with E-state index in [0.29, 0.717) is 25.7 Å². The van der Waals surface area contributed by atoms with Crippen molar-refractivity contribution in [1.29, 1.82) is 0 Å². The zero-order valence-corrected chi connectivity index (χ0v) is 10.6. The summed E-state index contributed by atoms with van der Waals surface area (Å²) < 4.78 is 0. The highest BCUT2D eigenvalue weighted by molar-refractivity contribution is 5.88. The van der Waals surface area contributed by atoms with Crippen LogP contribution in [0.15, 0.2) is 0 Å². The molecule has 102 valence electrons. The third-order valence-corrected chi connectivity index (χ3v) is 3.92. The normalized spacial score (nSPS) is 23.4. The summed E-state index contributed by atoms with van der Waals surface area (Å²) in [6, 6.07) is -0.421. The monoisotopic (exact) mass is 256 g/mol. The van der Waals surface area contributed by atoms with E-state index in [0.717, 1.165) is 12.8 Å². The number of hydrogen-bond acceptors (Lipinski definition) is 3. The fourth-order valence-electron chi connectivity index (χ4n) is 2.52. The van der Waals surface area contributed by atoms with E-state index in [2.05, 4.69) is 5.32 Å². The molecular formula is C12H20N2O4. The van der Waals surface area contributed by atoms with Gasteiger partial charge in [-0.1, -0.05) is 12.8 Å². The van der Waals surface area contributed by atoms with Crippen molar-refractivity contribution in [3.63, 3.8) is 0 Å². The van der Waals surface area contributed by atoms with Gasteiger partial charge in [0.1, 0.15) is 5.54 Å². The molecule has 3 N–H and O–H groups in total.